The minimum Gasteiger partial charge on any atom is -0.290 e. The smallest absolute Gasteiger partial charge is 0.178 e. The first-order chi connectivity index (χ1) is 10.6. The monoisotopic (exact) mass is 290 g/mol. The molecule has 0 bridgehead atoms. The zero-order valence-corrected chi connectivity index (χ0v) is 13.3. The first kappa shape index (κ1) is 16.0. The Kier molecular flexibility index (Phi) is 5.91. The maximum absolute atomic E-state index is 11.8. The van der Waals surface area contributed by atoms with Crippen LogP contribution in [0, 0.1) is 13.8 Å². The van der Waals surface area contributed by atoms with E-state index in [0.717, 1.165) is 12.8 Å². The summed E-state index contributed by atoms with van der Waals surface area (Å²) in [5.41, 5.74) is 4.95. The number of hydrogen-bond acceptors (Lipinski definition) is 1. The van der Waals surface area contributed by atoms with Crippen LogP contribution >= 0.6 is 0 Å². The van der Waals surface area contributed by atoms with Gasteiger partial charge < -0.3 is 0 Å². The van der Waals surface area contributed by atoms with Crippen LogP contribution in [0.2, 0.25) is 0 Å². The van der Waals surface area contributed by atoms with Gasteiger partial charge in [-0.1, -0.05) is 71.8 Å². The third-order valence-electron chi connectivity index (χ3n) is 3.51. The van der Waals surface area contributed by atoms with Crippen molar-refractivity contribution in [3.05, 3.63) is 95.1 Å². The van der Waals surface area contributed by atoms with Gasteiger partial charge in [0.05, 0.1) is 0 Å². The topological polar surface area (TPSA) is 17.1 Å². The van der Waals surface area contributed by atoms with Gasteiger partial charge in [0.1, 0.15) is 0 Å². The molecule has 0 amide bonds. The van der Waals surface area contributed by atoms with Crippen LogP contribution in [0.4, 0.5) is 0 Å². The zero-order chi connectivity index (χ0) is 15.8. The molecule has 0 aliphatic carbocycles. The molecule has 0 saturated heterocycles. The Balaban J connectivity index is 1.79. The van der Waals surface area contributed by atoms with Crippen molar-refractivity contribution in [2.75, 3.05) is 0 Å². The van der Waals surface area contributed by atoms with Gasteiger partial charge >= 0.3 is 0 Å². The van der Waals surface area contributed by atoms with Crippen LogP contribution in [0.3, 0.4) is 0 Å². The molecule has 1 nitrogen and oxygen atoms in total. The Hall–Kier alpha value is -2.41. The van der Waals surface area contributed by atoms with E-state index in [2.05, 4.69) is 62.4 Å². The molecule has 0 heterocycles. The van der Waals surface area contributed by atoms with E-state index in [4.69, 9.17) is 0 Å². The predicted octanol–water partition coefficient (Wildman–Crippen LogP) is 4.77. The second-order valence-electron chi connectivity index (χ2n) is 5.59. The Morgan fingerprint density at radius 2 is 1.09 bits per heavy atom. The van der Waals surface area contributed by atoms with Crippen molar-refractivity contribution in [1.29, 1.82) is 0 Å². The lowest BCUT2D eigenvalue weighted by molar-refractivity contribution is -0.110. The highest BCUT2D eigenvalue weighted by Gasteiger charge is 1.93. The molecular weight excluding hydrogens is 268 g/mol. The molecule has 2 aromatic rings. The molecule has 0 aromatic heterocycles. The van der Waals surface area contributed by atoms with E-state index >= 15 is 0 Å². The fourth-order valence-electron chi connectivity index (χ4n) is 2.13. The highest BCUT2D eigenvalue weighted by Crippen LogP contribution is 2.05. The Morgan fingerprint density at radius 1 is 0.727 bits per heavy atom. The standard InChI is InChI=1S/C21H22O/c1-17-9-13-19(14-10-17)5-3-7-21(22)8-4-6-20-15-11-18(2)12-16-20/h3-4,7-16H,5-6H2,1-2H3. The molecule has 2 rings (SSSR count). The summed E-state index contributed by atoms with van der Waals surface area (Å²) in [4.78, 5) is 11.8. The van der Waals surface area contributed by atoms with Crippen molar-refractivity contribution in [1.82, 2.24) is 0 Å². The van der Waals surface area contributed by atoms with Crippen LogP contribution in [-0.4, -0.2) is 5.78 Å². The van der Waals surface area contributed by atoms with Gasteiger partial charge in [-0.2, -0.15) is 0 Å². The summed E-state index contributed by atoms with van der Waals surface area (Å²) < 4.78 is 0. The predicted molar refractivity (Wildman–Crippen MR) is 93.1 cm³/mol. The van der Waals surface area contributed by atoms with Crippen LogP contribution in [0.5, 0.6) is 0 Å². The van der Waals surface area contributed by atoms with Crippen LogP contribution in [0.25, 0.3) is 0 Å². The van der Waals surface area contributed by atoms with Crippen LogP contribution in [0.1, 0.15) is 22.3 Å². The summed E-state index contributed by atoms with van der Waals surface area (Å²) >= 11 is 0. The van der Waals surface area contributed by atoms with E-state index < -0.39 is 0 Å². The molecule has 0 aliphatic heterocycles. The molecule has 0 fully saturated rings. The molecule has 0 saturated carbocycles. The van der Waals surface area contributed by atoms with Gasteiger partial charge in [-0.25, -0.2) is 0 Å². The molecule has 0 N–H and O–H groups in total. The number of carbonyl (C=O) groups is 1. The molecule has 1 heteroatoms. The lowest BCUT2D eigenvalue weighted by Gasteiger charge is -1.97. The number of allylic oxidation sites excluding steroid dienone is 4. The first-order valence-electron chi connectivity index (χ1n) is 7.61. The van der Waals surface area contributed by atoms with E-state index in [0.29, 0.717) is 0 Å². The molecule has 2 aromatic carbocycles. The number of hydrogen-bond donors (Lipinski definition) is 0. The number of benzene rings is 2. The lowest BCUT2D eigenvalue weighted by atomic mass is 10.1. The summed E-state index contributed by atoms with van der Waals surface area (Å²) in [7, 11) is 0. The van der Waals surface area contributed by atoms with Gasteiger partial charge in [-0.3, -0.25) is 4.79 Å². The van der Waals surface area contributed by atoms with E-state index in [1.807, 2.05) is 12.2 Å². The molecule has 0 unspecified atom stereocenters. The van der Waals surface area contributed by atoms with E-state index in [1.54, 1.807) is 12.2 Å². The van der Waals surface area contributed by atoms with Crippen LogP contribution in [0.15, 0.2) is 72.8 Å². The largest absolute Gasteiger partial charge is 0.290 e. The number of rotatable bonds is 6. The Morgan fingerprint density at radius 3 is 1.45 bits per heavy atom. The lowest BCUT2D eigenvalue weighted by Crippen LogP contribution is -1.88. The van der Waals surface area contributed by atoms with E-state index in [-0.39, 0.29) is 5.78 Å². The van der Waals surface area contributed by atoms with Crippen molar-refractivity contribution in [2.24, 2.45) is 0 Å². The maximum Gasteiger partial charge on any atom is 0.178 e. The summed E-state index contributed by atoms with van der Waals surface area (Å²) in [6.45, 7) is 4.14. The SMILES string of the molecule is Cc1ccc(CC=CC(=O)C=CCc2ccc(C)cc2)cc1. The normalized spacial score (nSPS) is 11.4. The minimum absolute atomic E-state index is 0.0409. The quantitative estimate of drug-likeness (QED) is 0.700. The van der Waals surface area contributed by atoms with Crippen LogP contribution < -0.4 is 0 Å². The fraction of sp³-hybridized carbons (Fsp3) is 0.190. The molecule has 0 radical (unpaired) electrons. The minimum atomic E-state index is 0.0409. The molecule has 22 heavy (non-hydrogen) atoms. The van der Waals surface area contributed by atoms with Crippen molar-refractivity contribution in [3.63, 3.8) is 0 Å². The summed E-state index contributed by atoms with van der Waals surface area (Å²) in [5, 5.41) is 0. The Bertz CT molecular complexity index is 599. The van der Waals surface area contributed by atoms with E-state index in [9.17, 15) is 4.79 Å². The average Bonchev–Trinajstić information content (AvgIpc) is 2.51. The Labute approximate surface area is 133 Å². The van der Waals surface area contributed by atoms with Gasteiger partial charge in [-0.15, -0.1) is 0 Å². The number of aryl methyl sites for hydroxylation is 2. The van der Waals surface area contributed by atoms with Crippen LogP contribution in [-0.2, 0) is 17.6 Å². The summed E-state index contributed by atoms with van der Waals surface area (Å²) in [6.07, 6.45) is 8.71. The second-order valence-corrected chi connectivity index (χ2v) is 5.59. The van der Waals surface area contributed by atoms with Gasteiger partial charge in [-0.05, 0) is 50.0 Å². The molecule has 0 aliphatic rings. The molecule has 0 atom stereocenters. The first-order valence-corrected chi connectivity index (χ1v) is 7.61. The summed E-state index contributed by atoms with van der Waals surface area (Å²) in [6, 6.07) is 16.7. The molecular formula is C21H22O. The maximum atomic E-state index is 11.8. The van der Waals surface area contributed by atoms with Gasteiger partial charge in [0.2, 0.25) is 0 Å². The van der Waals surface area contributed by atoms with Gasteiger partial charge in [0.15, 0.2) is 5.78 Å². The zero-order valence-electron chi connectivity index (χ0n) is 13.3. The van der Waals surface area contributed by atoms with Gasteiger partial charge in [0.25, 0.3) is 0 Å². The highest BCUT2D eigenvalue weighted by molar-refractivity contribution is 5.99. The molecule has 0 spiro atoms. The highest BCUT2D eigenvalue weighted by atomic mass is 16.1. The van der Waals surface area contributed by atoms with E-state index in [1.165, 1.54) is 22.3 Å². The molecule has 112 valence electrons. The number of ketones is 1. The van der Waals surface area contributed by atoms with Crippen molar-refractivity contribution < 1.29 is 4.79 Å². The second kappa shape index (κ2) is 8.14. The summed E-state index contributed by atoms with van der Waals surface area (Å²) in [5.74, 6) is 0.0409. The fourth-order valence-corrected chi connectivity index (χ4v) is 2.13. The number of carbonyl (C=O) groups excluding carboxylic acids is 1. The van der Waals surface area contributed by atoms with Gasteiger partial charge in [0, 0.05) is 0 Å². The average molecular weight is 290 g/mol. The van der Waals surface area contributed by atoms with Crippen molar-refractivity contribution in [2.45, 2.75) is 26.7 Å². The third kappa shape index (κ3) is 5.53. The van der Waals surface area contributed by atoms with Crippen molar-refractivity contribution in [3.8, 4) is 0 Å². The van der Waals surface area contributed by atoms with Crippen molar-refractivity contribution >= 4 is 5.78 Å². The third-order valence-corrected chi connectivity index (χ3v) is 3.51.